The maximum atomic E-state index is 12.4. The van der Waals surface area contributed by atoms with E-state index in [1.807, 2.05) is 0 Å². The standard InChI is InChI=1S/C6H2Cl3FN/c7-6(8,9)4-1-5(10)3-11-2-4/h1-2H. The summed E-state index contributed by atoms with van der Waals surface area (Å²) in [5.74, 6) is -0.645. The zero-order valence-corrected chi connectivity index (χ0v) is 7.38. The van der Waals surface area contributed by atoms with E-state index in [-0.39, 0.29) is 5.56 Å². The van der Waals surface area contributed by atoms with Crippen molar-refractivity contribution in [3.63, 3.8) is 0 Å². The molecule has 0 fully saturated rings. The summed E-state index contributed by atoms with van der Waals surface area (Å²) < 4.78 is 10.8. The average Bonchev–Trinajstić information content (AvgIpc) is 1.86. The van der Waals surface area contributed by atoms with Crippen LogP contribution in [0.3, 0.4) is 0 Å². The first kappa shape index (κ1) is 9.04. The summed E-state index contributed by atoms with van der Waals surface area (Å²) >= 11 is 16.3. The Balaban J connectivity index is 3.06. The molecule has 11 heavy (non-hydrogen) atoms. The summed E-state index contributed by atoms with van der Waals surface area (Å²) in [6.45, 7) is 0. The Kier molecular flexibility index (Phi) is 2.58. The van der Waals surface area contributed by atoms with E-state index in [2.05, 4.69) is 11.2 Å². The Morgan fingerprint density at radius 2 is 2.09 bits per heavy atom. The minimum atomic E-state index is -1.62. The molecule has 1 rings (SSSR count). The van der Waals surface area contributed by atoms with Gasteiger partial charge in [0.25, 0.3) is 0 Å². The topological polar surface area (TPSA) is 12.9 Å². The predicted octanol–water partition coefficient (Wildman–Crippen LogP) is 2.85. The van der Waals surface area contributed by atoms with Crippen LogP contribution < -0.4 is 0 Å². The van der Waals surface area contributed by atoms with Crippen LogP contribution in [0.1, 0.15) is 5.56 Å². The molecule has 0 bridgehead atoms. The SMILES string of the molecule is Fc1[c]ncc(C(Cl)(Cl)Cl)c1. The number of aromatic nitrogens is 1. The highest BCUT2D eigenvalue weighted by atomic mass is 35.6. The largest absolute Gasteiger partial charge is 0.251 e. The minimum Gasteiger partial charge on any atom is -0.251 e. The molecule has 1 heterocycles. The molecule has 1 radical (unpaired) electrons. The lowest BCUT2D eigenvalue weighted by Gasteiger charge is -2.08. The van der Waals surface area contributed by atoms with Gasteiger partial charge in [0, 0.05) is 11.8 Å². The van der Waals surface area contributed by atoms with Crippen LogP contribution in [0, 0.1) is 12.0 Å². The third kappa shape index (κ3) is 2.47. The zero-order valence-electron chi connectivity index (χ0n) is 5.11. The first-order valence-corrected chi connectivity index (χ1v) is 3.74. The second-order valence-electron chi connectivity index (χ2n) is 1.82. The average molecular weight is 213 g/mol. The highest BCUT2D eigenvalue weighted by Gasteiger charge is 2.23. The highest BCUT2D eigenvalue weighted by Crippen LogP contribution is 2.37. The molecule has 0 amide bonds. The van der Waals surface area contributed by atoms with Crippen LogP contribution in [0.4, 0.5) is 4.39 Å². The Morgan fingerprint density at radius 3 is 2.45 bits per heavy atom. The van der Waals surface area contributed by atoms with Crippen LogP contribution in [-0.4, -0.2) is 4.98 Å². The smallest absolute Gasteiger partial charge is 0.217 e. The second-order valence-corrected chi connectivity index (χ2v) is 4.10. The molecule has 5 heteroatoms. The summed E-state index contributed by atoms with van der Waals surface area (Å²) in [7, 11) is 0. The van der Waals surface area contributed by atoms with E-state index >= 15 is 0 Å². The van der Waals surface area contributed by atoms with Gasteiger partial charge in [0.15, 0.2) is 5.82 Å². The number of halogens is 4. The summed E-state index contributed by atoms with van der Waals surface area (Å²) in [6, 6.07) is 1.07. The van der Waals surface area contributed by atoms with Gasteiger partial charge in [-0.2, -0.15) is 0 Å². The molecule has 0 aromatic carbocycles. The fraction of sp³-hybridized carbons (Fsp3) is 0.167. The lowest BCUT2D eigenvalue weighted by Crippen LogP contribution is -2.01. The molecule has 0 saturated heterocycles. The Morgan fingerprint density at radius 1 is 1.45 bits per heavy atom. The van der Waals surface area contributed by atoms with Gasteiger partial charge in [-0.15, -0.1) is 0 Å². The van der Waals surface area contributed by atoms with Gasteiger partial charge >= 0.3 is 0 Å². The van der Waals surface area contributed by atoms with Crippen molar-refractivity contribution in [3.8, 4) is 0 Å². The molecule has 0 aliphatic carbocycles. The molecule has 0 aliphatic heterocycles. The fourth-order valence-corrected chi connectivity index (χ4v) is 0.835. The normalized spacial score (nSPS) is 11.6. The molecule has 0 aliphatic rings. The third-order valence-electron chi connectivity index (χ3n) is 0.985. The summed E-state index contributed by atoms with van der Waals surface area (Å²) in [5.41, 5.74) is 0.193. The van der Waals surface area contributed by atoms with Crippen LogP contribution in [0.2, 0.25) is 0 Å². The van der Waals surface area contributed by atoms with Crippen molar-refractivity contribution in [3.05, 3.63) is 29.8 Å². The zero-order chi connectivity index (χ0) is 8.48. The minimum absolute atomic E-state index is 0.193. The van der Waals surface area contributed by atoms with Crippen molar-refractivity contribution in [2.24, 2.45) is 0 Å². The molecule has 0 saturated carbocycles. The summed E-state index contributed by atoms with van der Waals surface area (Å²) in [5, 5.41) is 0. The van der Waals surface area contributed by atoms with Gasteiger partial charge in [-0.3, -0.25) is 4.98 Å². The second kappa shape index (κ2) is 3.13. The number of hydrogen-bond acceptors (Lipinski definition) is 1. The Labute approximate surface area is 78.1 Å². The van der Waals surface area contributed by atoms with Gasteiger partial charge in [0.2, 0.25) is 3.79 Å². The molecular formula is C6H2Cl3FN. The van der Waals surface area contributed by atoms with Gasteiger partial charge in [-0.25, -0.2) is 4.39 Å². The maximum absolute atomic E-state index is 12.4. The van der Waals surface area contributed by atoms with Crippen LogP contribution in [0.15, 0.2) is 12.3 Å². The van der Waals surface area contributed by atoms with E-state index in [1.165, 1.54) is 6.20 Å². The van der Waals surface area contributed by atoms with Crippen LogP contribution >= 0.6 is 34.8 Å². The van der Waals surface area contributed by atoms with E-state index in [9.17, 15) is 4.39 Å². The van der Waals surface area contributed by atoms with Crippen molar-refractivity contribution >= 4 is 34.8 Å². The van der Waals surface area contributed by atoms with Gasteiger partial charge in [0.1, 0.15) is 6.20 Å². The van der Waals surface area contributed by atoms with Crippen LogP contribution in [-0.2, 0) is 3.79 Å². The lowest BCUT2D eigenvalue weighted by atomic mass is 10.3. The van der Waals surface area contributed by atoms with E-state index < -0.39 is 9.61 Å². The van der Waals surface area contributed by atoms with Crippen molar-refractivity contribution in [2.75, 3.05) is 0 Å². The van der Waals surface area contributed by atoms with Crippen molar-refractivity contribution in [1.29, 1.82) is 0 Å². The molecule has 0 N–H and O–H groups in total. The number of hydrogen-bond donors (Lipinski definition) is 0. The molecule has 0 atom stereocenters. The lowest BCUT2D eigenvalue weighted by molar-refractivity contribution is 0.616. The van der Waals surface area contributed by atoms with Crippen LogP contribution in [0.25, 0.3) is 0 Å². The maximum Gasteiger partial charge on any atom is 0.217 e. The Hall–Kier alpha value is -0.0500. The quantitative estimate of drug-likeness (QED) is 0.604. The summed E-state index contributed by atoms with van der Waals surface area (Å²) in [6.07, 6.45) is 3.30. The van der Waals surface area contributed by atoms with Gasteiger partial charge in [-0.05, 0) is 6.07 Å². The molecule has 59 valence electrons. The van der Waals surface area contributed by atoms with E-state index in [0.717, 1.165) is 6.07 Å². The van der Waals surface area contributed by atoms with Gasteiger partial charge in [-0.1, -0.05) is 34.8 Å². The van der Waals surface area contributed by atoms with Crippen LogP contribution in [0.5, 0.6) is 0 Å². The molecule has 1 aromatic heterocycles. The fourth-order valence-electron chi connectivity index (χ4n) is 0.525. The van der Waals surface area contributed by atoms with E-state index in [1.54, 1.807) is 0 Å². The number of nitrogens with zero attached hydrogens (tertiary/aromatic N) is 1. The molecule has 1 nitrogen and oxygen atoms in total. The third-order valence-corrected chi connectivity index (χ3v) is 1.64. The summed E-state index contributed by atoms with van der Waals surface area (Å²) in [4.78, 5) is 3.40. The highest BCUT2D eigenvalue weighted by molar-refractivity contribution is 6.66. The number of pyridine rings is 1. The van der Waals surface area contributed by atoms with Gasteiger partial charge < -0.3 is 0 Å². The molecule has 1 aromatic rings. The van der Waals surface area contributed by atoms with Gasteiger partial charge in [0.05, 0.1) is 0 Å². The van der Waals surface area contributed by atoms with E-state index in [0.29, 0.717) is 0 Å². The van der Waals surface area contributed by atoms with Crippen molar-refractivity contribution in [2.45, 2.75) is 3.79 Å². The monoisotopic (exact) mass is 212 g/mol. The van der Waals surface area contributed by atoms with Crippen molar-refractivity contribution < 1.29 is 4.39 Å². The molecule has 0 unspecified atom stereocenters. The van der Waals surface area contributed by atoms with Crippen molar-refractivity contribution in [1.82, 2.24) is 4.98 Å². The van der Waals surface area contributed by atoms with E-state index in [4.69, 9.17) is 34.8 Å². The number of alkyl halides is 3. The first-order chi connectivity index (χ1) is 5.00. The number of rotatable bonds is 0. The first-order valence-electron chi connectivity index (χ1n) is 2.60. The molecular weight excluding hydrogens is 211 g/mol. The molecule has 0 spiro atoms. The Bertz CT molecular complexity index is 258. The predicted molar refractivity (Wildman–Crippen MR) is 42.3 cm³/mol.